The second-order valence-electron chi connectivity index (χ2n) is 5.85. The van der Waals surface area contributed by atoms with E-state index in [0.717, 1.165) is 11.1 Å². The minimum Gasteiger partial charge on any atom is -0.275 e. The molecule has 0 unspecified atom stereocenters. The van der Waals surface area contributed by atoms with Gasteiger partial charge in [-0.2, -0.15) is 10.2 Å². The molecule has 4 aromatic rings. The highest BCUT2D eigenvalue weighted by atomic mass is 35.5. The van der Waals surface area contributed by atoms with Gasteiger partial charge in [-0.15, -0.1) is 5.10 Å². The summed E-state index contributed by atoms with van der Waals surface area (Å²) in [7, 11) is 1.86. The number of hydrogen-bond acceptors (Lipinski definition) is 6. The zero-order valence-corrected chi connectivity index (χ0v) is 15.5. The zero-order valence-electron chi connectivity index (χ0n) is 14.7. The van der Waals surface area contributed by atoms with E-state index in [1.165, 1.54) is 0 Å². The molecule has 0 radical (unpaired) electrons. The van der Waals surface area contributed by atoms with Crippen LogP contribution in [-0.4, -0.2) is 44.5 Å². The third-order valence-corrected chi connectivity index (χ3v) is 4.15. The lowest BCUT2D eigenvalue weighted by Crippen LogP contribution is -2.05. The highest BCUT2D eigenvalue weighted by Crippen LogP contribution is 2.18. The van der Waals surface area contributed by atoms with Crippen molar-refractivity contribution in [1.82, 2.24) is 44.5 Å². The average Bonchev–Trinajstić information content (AvgIpc) is 3.37. The van der Waals surface area contributed by atoms with E-state index in [1.54, 1.807) is 38.7 Å². The fraction of sp³-hybridized carbons (Fsp3) is 0.176. The number of allylic oxidation sites excluding steroid dienone is 3. The molecule has 0 aliphatic heterocycles. The molecular formula is C17H16ClN9. The Morgan fingerprint density at radius 1 is 1.26 bits per heavy atom. The van der Waals surface area contributed by atoms with Crippen molar-refractivity contribution in [3.05, 3.63) is 53.7 Å². The Hall–Kier alpha value is -3.33. The van der Waals surface area contributed by atoms with E-state index in [9.17, 15) is 0 Å². The van der Waals surface area contributed by atoms with Crippen LogP contribution >= 0.6 is 11.6 Å². The number of aryl methyl sites for hydroxylation is 1. The van der Waals surface area contributed by atoms with Crippen LogP contribution in [0.1, 0.15) is 6.92 Å². The van der Waals surface area contributed by atoms with Crippen LogP contribution in [0.15, 0.2) is 48.6 Å². The lowest BCUT2D eigenvalue weighted by atomic mass is 10.2. The van der Waals surface area contributed by atoms with E-state index in [4.69, 9.17) is 11.6 Å². The third-order valence-electron chi connectivity index (χ3n) is 3.85. The Balaban J connectivity index is 1.72. The smallest absolute Gasteiger partial charge is 0.221 e. The third kappa shape index (κ3) is 3.49. The van der Waals surface area contributed by atoms with Crippen molar-refractivity contribution < 1.29 is 0 Å². The zero-order chi connectivity index (χ0) is 18.8. The summed E-state index contributed by atoms with van der Waals surface area (Å²) in [5, 5.41) is 17.2. The van der Waals surface area contributed by atoms with Gasteiger partial charge in [0.2, 0.25) is 5.65 Å². The van der Waals surface area contributed by atoms with Crippen molar-refractivity contribution in [1.29, 1.82) is 0 Å². The Kier molecular flexibility index (Phi) is 4.51. The molecule has 4 heterocycles. The molecule has 0 aliphatic rings. The van der Waals surface area contributed by atoms with Crippen molar-refractivity contribution in [3.63, 3.8) is 0 Å². The molecule has 0 aliphatic carbocycles. The normalized spacial score (nSPS) is 12.5. The molecule has 0 fully saturated rings. The summed E-state index contributed by atoms with van der Waals surface area (Å²) in [5.41, 5.74) is 3.61. The molecule has 0 atom stereocenters. The highest BCUT2D eigenvalue weighted by molar-refractivity contribution is 6.29. The molecule has 27 heavy (non-hydrogen) atoms. The summed E-state index contributed by atoms with van der Waals surface area (Å²) >= 11 is 6.12. The molecular weight excluding hydrogens is 366 g/mol. The molecule has 136 valence electrons. The molecule has 0 N–H and O–H groups in total. The van der Waals surface area contributed by atoms with Gasteiger partial charge in [0.15, 0.2) is 5.65 Å². The molecule has 9 nitrogen and oxygen atoms in total. The van der Waals surface area contributed by atoms with Crippen LogP contribution in [0, 0.1) is 0 Å². The predicted molar refractivity (Wildman–Crippen MR) is 102 cm³/mol. The monoisotopic (exact) mass is 381 g/mol. The van der Waals surface area contributed by atoms with Crippen LogP contribution in [0.4, 0.5) is 0 Å². The van der Waals surface area contributed by atoms with Gasteiger partial charge >= 0.3 is 0 Å². The molecule has 0 aromatic carbocycles. The maximum Gasteiger partial charge on any atom is 0.221 e. The maximum absolute atomic E-state index is 6.12. The summed E-state index contributed by atoms with van der Waals surface area (Å²) in [6.45, 7) is 2.39. The summed E-state index contributed by atoms with van der Waals surface area (Å²) in [6, 6.07) is 1.72. The predicted octanol–water partition coefficient (Wildman–Crippen LogP) is 2.59. The first kappa shape index (κ1) is 17.1. The van der Waals surface area contributed by atoms with Crippen molar-refractivity contribution in [3.8, 4) is 11.3 Å². The molecule has 10 heteroatoms. The van der Waals surface area contributed by atoms with Gasteiger partial charge in [0, 0.05) is 25.0 Å². The van der Waals surface area contributed by atoms with Crippen LogP contribution in [0.3, 0.4) is 0 Å². The molecule has 0 amide bonds. The van der Waals surface area contributed by atoms with Crippen molar-refractivity contribution in [2.24, 2.45) is 7.05 Å². The van der Waals surface area contributed by atoms with Gasteiger partial charge in [0.05, 0.1) is 30.8 Å². The van der Waals surface area contributed by atoms with Gasteiger partial charge in [-0.05, 0) is 18.6 Å². The van der Waals surface area contributed by atoms with Gasteiger partial charge in [0.1, 0.15) is 5.15 Å². The average molecular weight is 382 g/mol. The van der Waals surface area contributed by atoms with Crippen LogP contribution in [0.2, 0.25) is 5.15 Å². The minimum atomic E-state index is 0.447. The number of nitrogens with zero attached hydrogens (tertiary/aromatic N) is 9. The number of hydrogen-bond donors (Lipinski definition) is 0. The maximum atomic E-state index is 6.12. The number of aromatic nitrogens is 9. The molecule has 0 saturated heterocycles. The number of halogens is 1. The van der Waals surface area contributed by atoms with Gasteiger partial charge in [0.25, 0.3) is 0 Å². The summed E-state index contributed by atoms with van der Waals surface area (Å²) in [6.07, 6.45) is 12.7. The van der Waals surface area contributed by atoms with Crippen LogP contribution in [0.5, 0.6) is 0 Å². The van der Waals surface area contributed by atoms with Crippen molar-refractivity contribution in [2.45, 2.75) is 13.5 Å². The quantitative estimate of drug-likeness (QED) is 0.493. The summed E-state index contributed by atoms with van der Waals surface area (Å²) in [5.74, 6) is 0. The van der Waals surface area contributed by atoms with E-state index >= 15 is 0 Å². The second kappa shape index (κ2) is 7.12. The van der Waals surface area contributed by atoms with E-state index in [0.29, 0.717) is 28.7 Å². The fourth-order valence-electron chi connectivity index (χ4n) is 2.63. The number of fused-ring (bicyclic) bond motifs is 1. The first-order valence-electron chi connectivity index (χ1n) is 8.21. The van der Waals surface area contributed by atoms with E-state index < -0.39 is 0 Å². The molecule has 4 rings (SSSR count). The topological polar surface area (TPSA) is 92.1 Å². The first-order valence-corrected chi connectivity index (χ1v) is 8.59. The van der Waals surface area contributed by atoms with Gasteiger partial charge < -0.3 is 0 Å². The Labute approximate surface area is 159 Å². The van der Waals surface area contributed by atoms with Crippen LogP contribution in [0.25, 0.3) is 28.8 Å². The molecule has 0 saturated carbocycles. The van der Waals surface area contributed by atoms with E-state index in [-0.39, 0.29) is 0 Å². The van der Waals surface area contributed by atoms with Gasteiger partial charge in [-0.3, -0.25) is 4.68 Å². The SMILES string of the molecule is C/C=C\C(=C/n1nccc1Cl)Cn1nnc2ncc(-c3cnn(C)c3)nc21. The second-order valence-corrected chi connectivity index (χ2v) is 6.24. The largest absolute Gasteiger partial charge is 0.275 e. The highest BCUT2D eigenvalue weighted by Gasteiger charge is 2.12. The summed E-state index contributed by atoms with van der Waals surface area (Å²) < 4.78 is 5.02. The molecule has 4 aromatic heterocycles. The van der Waals surface area contributed by atoms with Crippen LogP contribution < -0.4 is 0 Å². The van der Waals surface area contributed by atoms with Gasteiger partial charge in [-0.25, -0.2) is 19.3 Å². The lowest BCUT2D eigenvalue weighted by molar-refractivity contribution is 0.663. The Morgan fingerprint density at radius 2 is 2.15 bits per heavy atom. The Morgan fingerprint density at radius 3 is 2.85 bits per heavy atom. The van der Waals surface area contributed by atoms with E-state index in [1.807, 2.05) is 38.5 Å². The number of rotatable bonds is 5. The van der Waals surface area contributed by atoms with Crippen LogP contribution in [-0.2, 0) is 13.6 Å². The van der Waals surface area contributed by atoms with Crippen molar-refractivity contribution in [2.75, 3.05) is 0 Å². The standard InChI is InChI=1S/C17H16ClN9/c1-3-4-12(9-26-15(18)5-6-20-26)10-27-17-16(23-24-27)19-8-14(22-17)13-7-21-25(2)11-13/h3-9,11H,10H2,1-2H3/b4-3-,12-9+. The fourth-order valence-corrected chi connectivity index (χ4v) is 2.78. The first-order chi connectivity index (χ1) is 13.1. The molecule has 0 spiro atoms. The molecule has 0 bridgehead atoms. The Bertz CT molecular complexity index is 1150. The van der Waals surface area contributed by atoms with Gasteiger partial charge in [-0.1, -0.05) is 29.0 Å². The minimum absolute atomic E-state index is 0.447. The summed E-state index contributed by atoms with van der Waals surface area (Å²) in [4.78, 5) is 9.03. The van der Waals surface area contributed by atoms with E-state index in [2.05, 4.69) is 30.5 Å². The van der Waals surface area contributed by atoms with Crippen molar-refractivity contribution >= 4 is 29.1 Å². The lowest BCUT2D eigenvalue weighted by Gasteiger charge is -2.05.